The molecule has 0 nitrogen and oxygen atoms in total. The number of hydrogen-bond donors (Lipinski definition) is 0. The van der Waals surface area contributed by atoms with Gasteiger partial charge in [0.05, 0.1) is 0 Å². The van der Waals surface area contributed by atoms with Crippen molar-refractivity contribution in [1.82, 2.24) is 0 Å². The predicted octanol–water partition coefficient (Wildman–Crippen LogP) is 3.25. The van der Waals surface area contributed by atoms with Gasteiger partial charge in [-0.05, 0) is 0 Å². The van der Waals surface area contributed by atoms with Gasteiger partial charge in [-0.25, -0.2) is 0 Å². The first kappa shape index (κ1) is 14.8. The molecule has 0 bridgehead atoms. The third-order valence-corrected chi connectivity index (χ3v) is 8.45. The van der Waals surface area contributed by atoms with Crippen LogP contribution in [0.3, 0.4) is 0 Å². The zero-order valence-corrected chi connectivity index (χ0v) is 8.53. The van der Waals surface area contributed by atoms with E-state index in [0.29, 0.717) is 0 Å². The van der Waals surface area contributed by atoms with Gasteiger partial charge in [0.15, 0.2) is 0 Å². The third kappa shape index (κ3) is 2.18. The topological polar surface area (TPSA) is 0 Å². The van der Waals surface area contributed by atoms with Gasteiger partial charge in [-0.3, -0.25) is 0 Å². The normalized spacial score (nSPS) is 15.2. The SMILES string of the molecule is F[CH](F)[Ge]([CH](F)F)([C](F)(F)F)[C](F)(F)F. The Morgan fingerprint density at radius 3 is 0.800 bits per heavy atom. The van der Waals surface area contributed by atoms with E-state index in [9.17, 15) is 43.9 Å². The van der Waals surface area contributed by atoms with E-state index in [1.807, 2.05) is 0 Å². The van der Waals surface area contributed by atoms with Crippen LogP contribution in [0.15, 0.2) is 0 Å². The molecule has 0 unspecified atom stereocenters. The van der Waals surface area contributed by atoms with E-state index < -0.39 is 33.8 Å². The van der Waals surface area contributed by atoms with Crippen molar-refractivity contribution in [3.05, 3.63) is 0 Å². The van der Waals surface area contributed by atoms with Crippen molar-refractivity contribution >= 4 is 13.3 Å². The molecule has 11 heteroatoms. The van der Waals surface area contributed by atoms with Crippen LogP contribution >= 0.6 is 0 Å². The molecule has 0 atom stereocenters. The van der Waals surface area contributed by atoms with E-state index >= 15 is 0 Å². The second kappa shape index (κ2) is 4.02. The summed E-state index contributed by atoms with van der Waals surface area (Å²) < 4.78 is 118. The van der Waals surface area contributed by atoms with Crippen molar-refractivity contribution in [2.75, 3.05) is 0 Å². The fourth-order valence-corrected chi connectivity index (χ4v) is 3.90. The minimum absolute atomic E-state index is 5.11. The van der Waals surface area contributed by atoms with Gasteiger partial charge >= 0.3 is 77.7 Å². The average molecular weight is 313 g/mol. The van der Waals surface area contributed by atoms with Crippen LogP contribution in [0.1, 0.15) is 0 Å². The molecule has 0 aromatic heterocycles. The molecule has 0 amide bonds. The monoisotopic (exact) mass is 314 g/mol. The van der Waals surface area contributed by atoms with Crippen LogP contribution in [-0.2, 0) is 0 Å². The minimum atomic E-state index is -8.62. The van der Waals surface area contributed by atoms with Crippen molar-refractivity contribution in [2.45, 2.75) is 20.5 Å². The second-order valence-corrected chi connectivity index (χ2v) is 10.3. The summed E-state index contributed by atoms with van der Waals surface area (Å²) in [6, 6.07) is 0. The van der Waals surface area contributed by atoms with Gasteiger partial charge in [-0.2, -0.15) is 0 Å². The zero-order valence-electron chi connectivity index (χ0n) is 6.43. The van der Waals surface area contributed by atoms with E-state index in [1.165, 1.54) is 0 Å². The molecule has 0 heterocycles. The van der Waals surface area contributed by atoms with E-state index in [4.69, 9.17) is 0 Å². The van der Waals surface area contributed by atoms with Crippen LogP contribution in [0.25, 0.3) is 0 Å². The van der Waals surface area contributed by atoms with Crippen molar-refractivity contribution in [2.24, 2.45) is 0 Å². The summed E-state index contributed by atoms with van der Waals surface area (Å²) >= 11 is -8.62. The summed E-state index contributed by atoms with van der Waals surface area (Å²) in [6.45, 7) is 0. The first-order valence-corrected chi connectivity index (χ1v) is 7.60. The Morgan fingerprint density at radius 2 is 0.800 bits per heavy atom. The summed E-state index contributed by atoms with van der Waals surface area (Å²) in [5.41, 5.74) is 0. The Bertz CT molecular complexity index is 188. The van der Waals surface area contributed by atoms with Crippen LogP contribution in [0, 0.1) is 0 Å². The second-order valence-electron chi connectivity index (χ2n) is 2.47. The van der Waals surface area contributed by atoms with E-state index in [1.54, 1.807) is 0 Å². The molecular weight excluding hydrogens is 311 g/mol. The molecule has 0 radical (unpaired) electrons. The van der Waals surface area contributed by atoms with Crippen molar-refractivity contribution in [3.8, 4) is 0 Å². The van der Waals surface area contributed by atoms with Gasteiger partial charge < -0.3 is 0 Å². The molecule has 0 aliphatic rings. The molecule has 0 aromatic rings. The quantitative estimate of drug-likeness (QED) is 0.542. The van der Waals surface area contributed by atoms with Gasteiger partial charge in [-0.15, -0.1) is 0 Å². The van der Waals surface area contributed by atoms with Gasteiger partial charge in [0.2, 0.25) is 0 Å². The predicted molar refractivity (Wildman–Crippen MR) is 29.9 cm³/mol. The number of alkyl halides is 10. The average Bonchev–Trinajstić information content (AvgIpc) is 1.75. The van der Waals surface area contributed by atoms with Crippen LogP contribution in [0.5, 0.6) is 0 Å². The van der Waals surface area contributed by atoms with E-state index in [0.717, 1.165) is 0 Å². The Balaban J connectivity index is 5.73. The summed E-state index contributed by atoms with van der Waals surface area (Å²) in [6.07, 6.45) is 0. The third-order valence-electron chi connectivity index (χ3n) is 1.63. The fourth-order valence-electron chi connectivity index (χ4n) is 0.751. The molecule has 0 N–H and O–H groups in total. The maximum atomic E-state index is 11.8. The first-order valence-electron chi connectivity index (χ1n) is 3.08. The Hall–Kier alpha value is -0.157. The van der Waals surface area contributed by atoms with Gasteiger partial charge in [0, 0.05) is 0 Å². The number of halogens is 10. The molecule has 0 spiro atoms. The first-order chi connectivity index (χ1) is 6.39. The van der Waals surface area contributed by atoms with Crippen molar-refractivity contribution < 1.29 is 43.9 Å². The van der Waals surface area contributed by atoms with E-state index in [2.05, 4.69) is 0 Å². The number of rotatable bonds is 2. The Labute approximate surface area is 78.6 Å². The molecule has 0 saturated heterocycles. The van der Waals surface area contributed by atoms with E-state index in [-0.39, 0.29) is 0 Å². The molecule has 15 heavy (non-hydrogen) atoms. The molecule has 0 saturated carbocycles. The fraction of sp³-hybridized carbons (Fsp3) is 1.00. The standard InChI is InChI=1S/C4H2F10Ge/c5-1(6)15(2(7)8,3(9,10)11)4(12,13)14/h1-2H. The summed E-state index contributed by atoms with van der Waals surface area (Å²) in [4.78, 5) is 0. The Kier molecular flexibility index (Phi) is 3.97. The number of hydrogen-bond acceptors (Lipinski definition) is 0. The molecule has 0 rings (SSSR count). The Morgan fingerprint density at radius 1 is 0.600 bits per heavy atom. The van der Waals surface area contributed by atoms with Gasteiger partial charge in [-0.1, -0.05) is 0 Å². The summed E-state index contributed by atoms with van der Waals surface area (Å²) in [5.74, 6) is 0. The molecule has 0 fully saturated rings. The molecule has 0 aromatic carbocycles. The molecule has 0 aliphatic carbocycles. The van der Waals surface area contributed by atoms with Crippen molar-refractivity contribution in [3.63, 3.8) is 0 Å². The molecule has 92 valence electrons. The van der Waals surface area contributed by atoms with Crippen LogP contribution in [0.4, 0.5) is 43.9 Å². The van der Waals surface area contributed by atoms with Gasteiger partial charge in [0.25, 0.3) is 0 Å². The van der Waals surface area contributed by atoms with Crippen LogP contribution < -0.4 is 0 Å². The molecular formula is C4H2F10Ge. The maximum absolute atomic E-state index is 11.8. The summed E-state index contributed by atoms with van der Waals surface area (Å²) in [7, 11) is 0. The van der Waals surface area contributed by atoms with Crippen LogP contribution in [0.2, 0.25) is 0 Å². The summed E-state index contributed by atoms with van der Waals surface area (Å²) in [5, 5.41) is -23.4. The molecule has 0 aliphatic heterocycles. The van der Waals surface area contributed by atoms with Gasteiger partial charge in [0.1, 0.15) is 0 Å². The zero-order chi connectivity index (χ0) is 12.7. The van der Waals surface area contributed by atoms with Crippen LogP contribution in [-0.4, -0.2) is 33.8 Å². The van der Waals surface area contributed by atoms with Crippen molar-refractivity contribution in [1.29, 1.82) is 0 Å².